The van der Waals surface area contributed by atoms with Crippen molar-refractivity contribution in [3.05, 3.63) is 41.5 Å². The summed E-state index contributed by atoms with van der Waals surface area (Å²) in [5.74, 6) is 0.0758. The highest BCUT2D eigenvalue weighted by Crippen LogP contribution is 2.09. The van der Waals surface area contributed by atoms with Crippen LogP contribution in [-0.4, -0.2) is 23.9 Å². The van der Waals surface area contributed by atoms with Crippen molar-refractivity contribution < 1.29 is 4.79 Å². The molecule has 2 rings (SSSR count). The van der Waals surface area contributed by atoms with Crippen LogP contribution in [0.4, 0.5) is 0 Å². The number of hydrogen-bond acceptors (Lipinski definition) is 2. The first-order valence-electron chi connectivity index (χ1n) is 5.77. The zero-order valence-electron chi connectivity index (χ0n) is 9.60. The Hall–Kier alpha value is -2.08. The van der Waals surface area contributed by atoms with Gasteiger partial charge in [0.2, 0.25) is 5.91 Å². The lowest BCUT2D eigenvalue weighted by molar-refractivity contribution is -0.124. The van der Waals surface area contributed by atoms with E-state index in [0.29, 0.717) is 5.56 Å². The van der Waals surface area contributed by atoms with Crippen molar-refractivity contribution in [2.24, 2.45) is 0 Å². The molecule has 1 aromatic rings. The molecule has 1 saturated heterocycles. The summed E-state index contributed by atoms with van der Waals surface area (Å²) in [6.07, 6.45) is 5.61. The molecule has 0 saturated carbocycles. The predicted octanol–water partition coefficient (Wildman–Crippen LogP) is 2.19. The van der Waals surface area contributed by atoms with Gasteiger partial charge in [0.05, 0.1) is 11.6 Å². The lowest BCUT2D eigenvalue weighted by atomic mass is 10.1. The van der Waals surface area contributed by atoms with Crippen LogP contribution in [0, 0.1) is 11.3 Å². The molecule has 17 heavy (non-hydrogen) atoms. The zero-order valence-corrected chi connectivity index (χ0v) is 9.60. The van der Waals surface area contributed by atoms with E-state index in [0.717, 1.165) is 31.5 Å². The first-order chi connectivity index (χ1) is 8.29. The third-order valence-corrected chi connectivity index (χ3v) is 2.88. The molecule has 3 nitrogen and oxygen atoms in total. The number of hydrogen-bond donors (Lipinski definition) is 0. The number of benzene rings is 1. The molecular weight excluding hydrogens is 212 g/mol. The topological polar surface area (TPSA) is 44.1 Å². The van der Waals surface area contributed by atoms with Gasteiger partial charge in [0.25, 0.3) is 0 Å². The fourth-order valence-electron chi connectivity index (χ4n) is 1.88. The lowest BCUT2D eigenvalue weighted by Crippen LogP contribution is -2.25. The Kier molecular flexibility index (Phi) is 3.56. The SMILES string of the molecule is N#Cc1ccc(/C=C\C(=O)N2CCCC2)cc1. The van der Waals surface area contributed by atoms with Gasteiger partial charge >= 0.3 is 0 Å². The number of likely N-dealkylation sites (tertiary alicyclic amines) is 1. The molecule has 1 amide bonds. The van der Waals surface area contributed by atoms with E-state index in [1.165, 1.54) is 0 Å². The maximum absolute atomic E-state index is 11.7. The van der Waals surface area contributed by atoms with Gasteiger partial charge in [-0.05, 0) is 36.6 Å². The van der Waals surface area contributed by atoms with E-state index in [1.807, 2.05) is 17.0 Å². The average molecular weight is 226 g/mol. The monoisotopic (exact) mass is 226 g/mol. The minimum Gasteiger partial charge on any atom is -0.339 e. The molecule has 0 unspecified atom stereocenters. The quantitative estimate of drug-likeness (QED) is 0.725. The summed E-state index contributed by atoms with van der Waals surface area (Å²) in [6, 6.07) is 9.24. The summed E-state index contributed by atoms with van der Waals surface area (Å²) in [5.41, 5.74) is 1.57. The minimum atomic E-state index is 0.0758. The molecule has 1 aliphatic heterocycles. The van der Waals surface area contributed by atoms with Crippen LogP contribution < -0.4 is 0 Å². The molecule has 1 fully saturated rings. The standard InChI is InChI=1S/C14H14N2O/c15-11-13-5-3-12(4-6-13)7-8-14(17)16-9-1-2-10-16/h3-8H,1-2,9-10H2/b8-7-. The van der Waals surface area contributed by atoms with E-state index < -0.39 is 0 Å². The second-order valence-electron chi connectivity index (χ2n) is 4.10. The summed E-state index contributed by atoms with van der Waals surface area (Å²) in [4.78, 5) is 13.6. The molecule has 1 heterocycles. The van der Waals surface area contributed by atoms with Crippen LogP contribution in [-0.2, 0) is 4.79 Å². The third kappa shape index (κ3) is 2.94. The Labute approximate surface area is 101 Å². The number of amides is 1. The van der Waals surface area contributed by atoms with Gasteiger partial charge in [-0.25, -0.2) is 0 Å². The summed E-state index contributed by atoms with van der Waals surface area (Å²) >= 11 is 0. The van der Waals surface area contributed by atoms with E-state index >= 15 is 0 Å². The van der Waals surface area contributed by atoms with Crippen molar-refractivity contribution in [3.8, 4) is 6.07 Å². The largest absolute Gasteiger partial charge is 0.339 e. The smallest absolute Gasteiger partial charge is 0.246 e. The van der Waals surface area contributed by atoms with E-state index in [4.69, 9.17) is 5.26 Å². The average Bonchev–Trinajstić information content (AvgIpc) is 2.90. The molecular formula is C14H14N2O. The van der Waals surface area contributed by atoms with Crippen molar-refractivity contribution in [3.63, 3.8) is 0 Å². The summed E-state index contributed by atoms with van der Waals surface area (Å²) in [7, 11) is 0. The normalized spacial score (nSPS) is 15.1. The van der Waals surface area contributed by atoms with Crippen molar-refractivity contribution in [1.82, 2.24) is 4.90 Å². The van der Waals surface area contributed by atoms with Crippen molar-refractivity contribution in [2.45, 2.75) is 12.8 Å². The highest BCUT2D eigenvalue weighted by molar-refractivity contribution is 5.91. The van der Waals surface area contributed by atoms with Crippen LogP contribution in [0.25, 0.3) is 6.08 Å². The highest BCUT2D eigenvalue weighted by Gasteiger charge is 2.14. The number of carbonyl (C=O) groups is 1. The van der Waals surface area contributed by atoms with Crippen LogP contribution in [0.15, 0.2) is 30.3 Å². The fourth-order valence-corrected chi connectivity index (χ4v) is 1.88. The number of nitriles is 1. The van der Waals surface area contributed by atoms with Gasteiger partial charge in [-0.3, -0.25) is 4.79 Å². The van der Waals surface area contributed by atoms with Crippen LogP contribution in [0.3, 0.4) is 0 Å². The molecule has 0 bridgehead atoms. The minimum absolute atomic E-state index is 0.0758. The van der Waals surface area contributed by atoms with Crippen molar-refractivity contribution in [2.75, 3.05) is 13.1 Å². The molecule has 0 aliphatic carbocycles. The fraction of sp³-hybridized carbons (Fsp3) is 0.286. The molecule has 0 spiro atoms. The van der Waals surface area contributed by atoms with Crippen LogP contribution in [0.2, 0.25) is 0 Å². The van der Waals surface area contributed by atoms with Gasteiger partial charge in [-0.1, -0.05) is 12.1 Å². The summed E-state index contributed by atoms with van der Waals surface area (Å²) < 4.78 is 0. The van der Waals surface area contributed by atoms with Crippen molar-refractivity contribution in [1.29, 1.82) is 5.26 Å². The maximum Gasteiger partial charge on any atom is 0.246 e. The van der Waals surface area contributed by atoms with E-state index in [9.17, 15) is 4.79 Å². The Morgan fingerprint density at radius 1 is 1.24 bits per heavy atom. The molecule has 1 aliphatic rings. The molecule has 86 valence electrons. The number of nitrogens with zero attached hydrogens (tertiary/aromatic N) is 2. The molecule has 0 radical (unpaired) electrons. The number of rotatable bonds is 2. The van der Waals surface area contributed by atoms with Crippen LogP contribution in [0.1, 0.15) is 24.0 Å². The maximum atomic E-state index is 11.7. The molecule has 0 N–H and O–H groups in total. The highest BCUT2D eigenvalue weighted by atomic mass is 16.2. The van der Waals surface area contributed by atoms with Gasteiger partial charge in [-0.15, -0.1) is 0 Å². The first kappa shape index (κ1) is 11.4. The Morgan fingerprint density at radius 3 is 2.47 bits per heavy atom. The Morgan fingerprint density at radius 2 is 1.88 bits per heavy atom. The van der Waals surface area contributed by atoms with Crippen LogP contribution in [0.5, 0.6) is 0 Å². The number of carbonyl (C=O) groups excluding carboxylic acids is 1. The second kappa shape index (κ2) is 5.31. The molecule has 0 atom stereocenters. The molecule has 3 heteroatoms. The van der Waals surface area contributed by atoms with Gasteiger partial charge < -0.3 is 4.90 Å². The summed E-state index contributed by atoms with van der Waals surface area (Å²) in [5, 5.41) is 8.66. The molecule has 1 aromatic carbocycles. The second-order valence-corrected chi connectivity index (χ2v) is 4.10. The zero-order chi connectivity index (χ0) is 12.1. The first-order valence-corrected chi connectivity index (χ1v) is 5.77. The van der Waals surface area contributed by atoms with Gasteiger partial charge in [0.15, 0.2) is 0 Å². The van der Waals surface area contributed by atoms with E-state index in [1.54, 1.807) is 24.3 Å². The Bertz CT molecular complexity index is 462. The Balaban J connectivity index is 1.99. The predicted molar refractivity (Wildman–Crippen MR) is 66.0 cm³/mol. The van der Waals surface area contributed by atoms with Gasteiger partial charge in [0.1, 0.15) is 0 Å². The third-order valence-electron chi connectivity index (χ3n) is 2.88. The van der Waals surface area contributed by atoms with E-state index in [-0.39, 0.29) is 5.91 Å². The van der Waals surface area contributed by atoms with Crippen LogP contribution >= 0.6 is 0 Å². The van der Waals surface area contributed by atoms with Crippen molar-refractivity contribution >= 4 is 12.0 Å². The lowest BCUT2D eigenvalue weighted by Gasteiger charge is -2.11. The summed E-state index contributed by atoms with van der Waals surface area (Å²) in [6.45, 7) is 1.74. The van der Waals surface area contributed by atoms with Gasteiger partial charge in [0, 0.05) is 19.2 Å². The van der Waals surface area contributed by atoms with Gasteiger partial charge in [-0.2, -0.15) is 5.26 Å². The van der Waals surface area contributed by atoms with E-state index in [2.05, 4.69) is 6.07 Å². The molecule has 0 aromatic heterocycles.